The lowest BCUT2D eigenvalue weighted by atomic mass is 10.2. The van der Waals surface area contributed by atoms with Crippen LogP contribution < -0.4 is 10.6 Å². The molecule has 0 saturated heterocycles. The Kier molecular flexibility index (Phi) is 7.09. The SMILES string of the molecule is COC(=O)c1ccc(CNCCC(C)NC(=O)OC(C)(C)C)[nH]1. The molecule has 1 amide bonds. The lowest BCUT2D eigenvalue weighted by Gasteiger charge is -2.22. The number of hydrogen-bond donors (Lipinski definition) is 3. The van der Waals surface area contributed by atoms with E-state index >= 15 is 0 Å². The predicted molar refractivity (Wildman–Crippen MR) is 87.3 cm³/mol. The van der Waals surface area contributed by atoms with Crippen LogP contribution in [0.5, 0.6) is 0 Å². The summed E-state index contributed by atoms with van der Waals surface area (Å²) in [6, 6.07) is 3.53. The van der Waals surface area contributed by atoms with E-state index in [2.05, 4.69) is 20.4 Å². The lowest BCUT2D eigenvalue weighted by Crippen LogP contribution is -2.38. The van der Waals surface area contributed by atoms with Gasteiger partial charge in [0.2, 0.25) is 0 Å². The summed E-state index contributed by atoms with van der Waals surface area (Å²) >= 11 is 0. The Balaban J connectivity index is 2.22. The largest absolute Gasteiger partial charge is 0.464 e. The van der Waals surface area contributed by atoms with Crippen molar-refractivity contribution in [2.24, 2.45) is 0 Å². The number of rotatable bonds is 7. The van der Waals surface area contributed by atoms with Crippen molar-refractivity contribution < 1.29 is 19.1 Å². The Hall–Kier alpha value is -2.02. The van der Waals surface area contributed by atoms with Gasteiger partial charge in [0.05, 0.1) is 7.11 Å². The number of alkyl carbamates (subject to hydrolysis) is 1. The minimum absolute atomic E-state index is 0.00613. The fourth-order valence-electron chi connectivity index (χ4n) is 1.89. The van der Waals surface area contributed by atoms with Crippen LogP contribution in [0, 0.1) is 0 Å². The first-order valence-electron chi connectivity index (χ1n) is 7.67. The third-order valence-electron chi connectivity index (χ3n) is 2.98. The molecule has 0 aliphatic carbocycles. The van der Waals surface area contributed by atoms with Crippen LogP contribution in [0.2, 0.25) is 0 Å². The van der Waals surface area contributed by atoms with Crippen LogP contribution in [0.1, 0.15) is 50.3 Å². The first-order chi connectivity index (χ1) is 10.7. The Morgan fingerprint density at radius 1 is 1.30 bits per heavy atom. The Bertz CT molecular complexity index is 520. The van der Waals surface area contributed by atoms with Gasteiger partial charge in [0.15, 0.2) is 0 Å². The van der Waals surface area contributed by atoms with Crippen LogP contribution in [0.4, 0.5) is 4.79 Å². The number of methoxy groups -OCH3 is 1. The predicted octanol–water partition coefficient (Wildman–Crippen LogP) is 2.19. The maximum Gasteiger partial charge on any atom is 0.407 e. The monoisotopic (exact) mass is 325 g/mol. The van der Waals surface area contributed by atoms with E-state index in [1.165, 1.54) is 7.11 Å². The molecule has 0 fully saturated rings. The molecule has 0 aliphatic rings. The number of amides is 1. The summed E-state index contributed by atoms with van der Waals surface area (Å²) in [6.45, 7) is 8.75. The number of nitrogens with one attached hydrogen (secondary N) is 3. The van der Waals surface area contributed by atoms with Crippen molar-refractivity contribution in [2.45, 2.75) is 52.3 Å². The van der Waals surface area contributed by atoms with E-state index in [4.69, 9.17) is 4.74 Å². The van der Waals surface area contributed by atoms with E-state index in [0.29, 0.717) is 12.2 Å². The molecule has 130 valence electrons. The van der Waals surface area contributed by atoms with Gasteiger partial charge >= 0.3 is 12.1 Å². The Morgan fingerprint density at radius 3 is 2.61 bits per heavy atom. The van der Waals surface area contributed by atoms with Crippen molar-refractivity contribution in [2.75, 3.05) is 13.7 Å². The maximum atomic E-state index is 11.6. The van der Waals surface area contributed by atoms with E-state index in [0.717, 1.165) is 18.7 Å². The summed E-state index contributed by atoms with van der Waals surface area (Å²) in [7, 11) is 1.35. The number of hydrogen-bond acceptors (Lipinski definition) is 5. The number of aromatic amines is 1. The number of ether oxygens (including phenoxy) is 2. The highest BCUT2D eigenvalue weighted by molar-refractivity contribution is 5.87. The second kappa shape index (κ2) is 8.57. The zero-order valence-corrected chi connectivity index (χ0v) is 14.5. The summed E-state index contributed by atoms with van der Waals surface area (Å²) in [5.74, 6) is -0.383. The summed E-state index contributed by atoms with van der Waals surface area (Å²) < 4.78 is 9.84. The maximum absolute atomic E-state index is 11.6. The van der Waals surface area contributed by atoms with E-state index < -0.39 is 11.7 Å². The van der Waals surface area contributed by atoms with Crippen molar-refractivity contribution in [1.29, 1.82) is 0 Å². The topological polar surface area (TPSA) is 92.5 Å². The normalized spacial score (nSPS) is 12.6. The molecule has 7 nitrogen and oxygen atoms in total. The van der Waals surface area contributed by atoms with Gasteiger partial charge in [-0.05, 0) is 52.8 Å². The molecule has 0 aromatic carbocycles. The highest BCUT2D eigenvalue weighted by atomic mass is 16.6. The van der Waals surface area contributed by atoms with Gasteiger partial charge in [0.25, 0.3) is 0 Å². The Labute approximate surface area is 137 Å². The lowest BCUT2D eigenvalue weighted by molar-refractivity contribution is 0.0505. The zero-order chi connectivity index (χ0) is 17.5. The van der Waals surface area contributed by atoms with Crippen molar-refractivity contribution in [3.05, 3.63) is 23.5 Å². The highest BCUT2D eigenvalue weighted by Crippen LogP contribution is 2.07. The first kappa shape index (κ1) is 19.0. The molecule has 0 spiro atoms. The molecule has 1 aromatic rings. The fraction of sp³-hybridized carbons (Fsp3) is 0.625. The summed E-state index contributed by atoms with van der Waals surface area (Å²) in [5, 5.41) is 6.04. The molecule has 7 heteroatoms. The van der Waals surface area contributed by atoms with Crippen molar-refractivity contribution in [1.82, 2.24) is 15.6 Å². The van der Waals surface area contributed by atoms with Crippen LogP contribution in [-0.4, -0.2) is 42.3 Å². The molecule has 1 rings (SSSR count). The number of aromatic nitrogens is 1. The van der Waals surface area contributed by atoms with Gasteiger partial charge in [0.1, 0.15) is 11.3 Å². The van der Waals surface area contributed by atoms with Crippen molar-refractivity contribution >= 4 is 12.1 Å². The average Bonchev–Trinajstić information content (AvgIpc) is 2.89. The van der Waals surface area contributed by atoms with Gasteiger partial charge in [-0.15, -0.1) is 0 Å². The second-order valence-electron chi connectivity index (χ2n) is 6.40. The summed E-state index contributed by atoms with van der Waals surface area (Å²) in [6.07, 6.45) is 0.362. The first-order valence-corrected chi connectivity index (χ1v) is 7.67. The summed E-state index contributed by atoms with van der Waals surface area (Å²) in [4.78, 5) is 25.9. The molecule has 0 bridgehead atoms. The van der Waals surface area contributed by atoms with Crippen molar-refractivity contribution in [3.8, 4) is 0 Å². The minimum Gasteiger partial charge on any atom is -0.464 e. The van der Waals surface area contributed by atoms with Gasteiger partial charge in [-0.3, -0.25) is 0 Å². The van der Waals surface area contributed by atoms with Crippen LogP contribution >= 0.6 is 0 Å². The van der Waals surface area contributed by atoms with Gasteiger partial charge in [0, 0.05) is 18.3 Å². The van der Waals surface area contributed by atoms with Gasteiger partial charge in [-0.2, -0.15) is 0 Å². The second-order valence-corrected chi connectivity index (χ2v) is 6.40. The third kappa shape index (κ3) is 7.69. The number of H-pyrrole nitrogens is 1. The summed E-state index contributed by atoms with van der Waals surface area (Å²) in [5.41, 5.74) is 0.843. The van der Waals surface area contributed by atoms with Crippen LogP contribution in [0.25, 0.3) is 0 Å². The van der Waals surface area contributed by atoms with E-state index in [9.17, 15) is 9.59 Å². The molecule has 1 atom stereocenters. The molecule has 0 saturated carbocycles. The van der Waals surface area contributed by atoms with Gasteiger partial charge in [-0.25, -0.2) is 9.59 Å². The number of esters is 1. The van der Waals surface area contributed by atoms with Crippen molar-refractivity contribution in [3.63, 3.8) is 0 Å². The quantitative estimate of drug-likeness (QED) is 0.528. The molecule has 1 unspecified atom stereocenters. The van der Waals surface area contributed by atoms with E-state index in [1.54, 1.807) is 6.07 Å². The molecule has 1 heterocycles. The molecular formula is C16H27N3O4. The van der Waals surface area contributed by atoms with Crippen LogP contribution in [0.3, 0.4) is 0 Å². The zero-order valence-electron chi connectivity index (χ0n) is 14.5. The molecule has 0 radical (unpaired) electrons. The smallest absolute Gasteiger partial charge is 0.407 e. The van der Waals surface area contributed by atoms with Crippen LogP contribution in [0.15, 0.2) is 12.1 Å². The average molecular weight is 325 g/mol. The van der Waals surface area contributed by atoms with Crippen LogP contribution in [-0.2, 0) is 16.0 Å². The fourth-order valence-corrected chi connectivity index (χ4v) is 1.89. The molecule has 3 N–H and O–H groups in total. The molecular weight excluding hydrogens is 298 g/mol. The third-order valence-corrected chi connectivity index (χ3v) is 2.98. The molecule has 23 heavy (non-hydrogen) atoms. The van der Waals surface area contributed by atoms with E-state index in [-0.39, 0.29) is 12.0 Å². The minimum atomic E-state index is -0.493. The highest BCUT2D eigenvalue weighted by Gasteiger charge is 2.17. The van der Waals surface area contributed by atoms with E-state index in [1.807, 2.05) is 33.8 Å². The molecule has 0 aliphatic heterocycles. The van der Waals surface area contributed by atoms with Gasteiger partial charge in [-0.1, -0.05) is 0 Å². The van der Waals surface area contributed by atoms with Gasteiger partial charge < -0.3 is 25.1 Å². The standard InChI is InChI=1S/C16H27N3O4/c1-11(18-15(21)23-16(2,3)4)8-9-17-10-12-6-7-13(19-12)14(20)22-5/h6-7,11,17,19H,8-10H2,1-5H3,(H,18,21). The number of carbonyl (C=O) groups is 2. The number of carbonyl (C=O) groups excluding carboxylic acids is 2. The molecule has 1 aromatic heterocycles. The Morgan fingerprint density at radius 2 is 2.00 bits per heavy atom.